The van der Waals surface area contributed by atoms with Crippen LogP contribution in [0.3, 0.4) is 0 Å². The Bertz CT molecular complexity index is 683. The molecule has 0 aliphatic heterocycles. The summed E-state index contributed by atoms with van der Waals surface area (Å²) in [5, 5.41) is 7.06. The van der Waals surface area contributed by atoms with Gasteiger partial charge in [-0.3, -0.25) is 4.79 Å². The van der Waals surface area contributed by atoms with Crippen LogP contribution in [0.1, 0.15) is 18.1 Å². The molecule has 0 fully saturated rings. The van der Waals surface area contributed by atoms with Crippen molar-refractivity contribution in [1.82, 2.24) is 5.43 Å². The highest BCUT2D eigenvalue weighted by Crippen LogP contribution is 2.15. The van der Waals surface area contributed by atoms with Crippen LogP contribution < -0.4 is 15.5 Å². The van der Waals surface area contributed by atoms with Crippen LogP contribution in [0.4, 0.5) is 5.69 Å². The number of carbonyl (C=O) groups is 1. The van der Waals surface area contributed by atoms with E-state index in [0.29, 0.717) is 6.61 Å². The van der Waals surface area contributed by atoms with Crippen LogP contribution in [0.15, 0.2) is 53.6 Å². The van der Waals surface area contributed by atoms with E-state index in [4.69, 9.17) is 4.74 Å². The highest BCUT2D eigenvalue weighted by atomic mass is 16.5. The third-order valence-electron chi connectivity index (χ3n) is 3.20. The minimum atomic E-state index is -0.210. The zero-order valence-corrected chi connectivity index (χ0v) is 13.4. The van der Waals surface area contributed by atoms with Crippen LogP contribution in [0, 0.1) is 6.92 Å². The zero-order chi connectivity index (χ0) is 16.5. The van der Waals surface area contributed by atoms with Crippen molar-refractivity contribution in [1.29, 1.82) is 0 Å². The van der Waals surface area contributed by atoms with Crippen molar-refractivity contribution in [2.45, 2.75) is 13.8 Å². The Morgan fingerprint density at radius 1 is 1.17 bits per heavy atom. The number of amides is 1. The van der Waals surface area contributed by atoms with E-state index < -0.39 is 0 Å². The molecule has 1 amide bonds. The summed E-state index contributed by atoms with van der Waals surface area (Å²) >= 11 is 0. The summed E-state index contributed by atoms with van der Waals surface area (Å²) in [6.45, 7) is 4.66. The summed E-state index contributed by atoms with van der Waals surface area (Å²) in [6.07, 6.45) is 1.58. The number of hydrogen-bond donors (Lipinski definition) is 2. The fourth-order valence-corrected chi connectivity index (χ4v) is 2.03. The first-order valence-corrected chi connectivity index (χ1v) is 7.54. The quantitative estimate of drug-likeness (QED) is 0.610. The van der Waals surface area contributed by atoms with Crippen LogP contribution in [-0.2, 0) is 4.79 Å². The highest BCUT2D eigenvalue weighted by Gasteiger charge is 2.02. The van der Waals surface area contributed by atoms with Crippen molar-refractivity contribution < 1.29 is 9.53 Å². The Labute approximate surface area is 136 Å². The number of nitrogens with zero attached hydrogens (tertiary/aromatic N) is 1. The molecule has 2 N–H and O–H groups in total. The fraction of sp³-hybridized carbons (Fsp3) is 0.222. The second-order valence-electron chi connectivity index (χ2n) is 4.93. The Morgan fingerprint density at radius 3 is 2.70 bits per heavy atom. The average molecular weight is 311 g/mol. The minimum Gasteiger partial charge on any atom is -0.493 e. The summed E-state index contributed by atoms with van der Waals surface area (Å²) in [6, 6.07) is 15.3. The molecule has 2 aromatic rings. The molecule has 5 nitrogen and oxygen atoms in total. The van der Waals surface area contributed by atoms with E-state index in [1.807, 2.05) is 62.4 Å². The van der Waals surface area contributed by atoms with Gasteiger partial charge in [-0.05, 0) is 37.6 Å². The molecule has 0 saturated carbocycles. The van der Waals surface area contributed by atoms with Gasteiger partial charge in [0, 0.05) is 11.3 Å². The molecule has 0 aromatic heterocycles. The Morgan fingerprint density at radius 2 is 1.91 bits per heavy atom. The van der Waals surface area contributed by atoms with Gasteiger partial charge < -0.3 is 10.1 Å². The number of carbonyl (C=O) groups excluding carboxylic acids is 1. The number of hydrogen-bond acceptors (Lipinski definition) is 4. The third-order valence-corrected chi connectivity index (χ3v) is 3.20. The monoisotopic (exact) mass is 311 g/mol. The lowest BCUT2D eigenvalue weighted by Crippen LogP contribution is -2.26. The van der Waals surface area contributed by atoms with Gasteiger partial charge in [0.15, 0.2) is 0 Å². The van der Waals surface area contributed by atoms with Gasteiger partial charge in [0.05, 0.1) is 19.4 Å². The SMILES string of the molecule is CCOc1ccccc1/C=N\NC(=O)CNc1ccccc1C. The van der Waals surface area contributed by atoms with Crippen molar-refractivity contribution in [2.75, 3.05) is 18.5 Å². The van der Waals surface area contributed by atoms with Gasteiger partial charge in [0.25, 0.3) is 5.91 Å². The highest BCUT2D eigenvalue weighted by molar-refractivity contribution is 5.86. The summed E-state index contributed by atoms with van der Waals surface area (Å²) in [7, 11) is 0. The van der Waals surface area contributed by atoms with Gasteiger partial charge in [0.1, 0.15) is 5.75 Å². The second kappa shape index (κ2) is 8.58. The van der Waals surface area contributed by atoms with Crippen LogP contribution in [0.25, 0.3) is 0 Å². The maximum atomic E-state index is 11.8. The van der Waals surface area contributed by atoms with Crippen LogP contribution >= 0.6 is 0 Å². The normalized spacial score (nSPS) is 10.5. The number of anilines is 1. The number of para-hydroxylation sites is 2. The topological polar surface area (TPSA) is 62.7 Å². The lowest BCUT2D eigenvalue weighted by atomic mass is 10.2. The second-order valence-corrected chi connectivity index (χ2v) is 4.93. The van der Waals surface area contributed by atoms with Gasteiger partial charge in [-0.15, -0.1) is 0 Å². The number of hydrazone groups is 1. The van der Waals surface area contributed by atoms with E-state index in [1.165, 1.54) is 0 Å². The Kier molecular flexibility index (Phi) is 6.17. The number of benzene rings is 2. The molecule has 0 unspecified atom stereocenters. The molecule has 2 rings (SSSR count). The molecule has 0 radical (unpaired) electrons. The molecule has 2 aromatic carbocycles. The maximum absolute atomic E-state index is 11.8. The standard InChI is InChI=1S/C18H21N3O2/c1-3-23-17-11-7-5-9-15(17)12-20-21-18(22)13-19-16-10-6-4-8-14(16)2/h4-12,19H,3,13H2,1-2H3,(H,21,22)/b20-12-. The third kappa shape index (κ3) is 5.14. The molecule has 0 bridgehead atoms. The molecule has 5 heteroatoms. The van der Waals surface area contributed by atoms with E-state index >= 15 is 0 Å². The van der Waals surface area contributed by atoms with Crippen molar-refractivity contribution in [3.63, 3.8) is 0 Å². The van der Waals surface area contributed by atoms with Gasteiger partial charge >= 0.3 is 0 Å². The van der Waals surface area contributed by atoms with Gasteiger partial charge in [0.2, 0.25) is 0 Å². The summed E-state index contributed by atoms with van der Waals surface area (Å²) in [5.74, 6) is 0.532. The lowest BCUT2D eigenvalue weighted by molar-refractivity contribution is -0.119. The average Bonchev–Trinajstić information content (AvgIpc) is 2.56. The van der Waals surface area contributed by atoms with Crippen molar-refractivity contribution in [2.24, 2.45) is 5.10 Å². The molecule has 0 atom stereocenters. The fourth-order valence-electron chi connectivity index (χ4n) is 2.03. The number of rotatable bonds is 7. The first kappa shape index (κ1) is 16.5. The van der Waals surface area contributed by atoms with Crippen molar-refractivity contribution in [3.8, 4) is 5.75 Å². The molecule has 0 spiro atoms. The molecule has 0 aliphatic rings. The first-order valence-electron chi connectivity index (χ1n) is 7.54. The summed E-state index contributed by atoms with van der Waals surface area (Å²) in [4.78, 5) is 11.8. The molecular weight excluding hydrogens is 290 g/mol. The zero-order valence-electron chi connectivity index (χ0n) is 13.4. The molecule has 0 saturated heterocycles. The van der Waals surface area contributed by atoms with Crippen LogP contribution in [0.5, 0.6) is 5.75 Å². The number of ether oxygens (including phenoxy) is 1. The van der Waals surface area contributed by atoms with E-state index in [2.05, 4.69) is 15.8 Å². The van der Waals surface area contributed by atoms with Crippen molar-refractivity contribution in [3.05, 3.63) is 59.7 Å². The number of aryl methyl sites for hydroxylation is 1. The van der Waals surface area contributed by atoms with Crippen LogP contribution in [-0.4, -0.2) is 25.3 Å². The van der Waals surface area contributed by atoms with Gasteiger partial charge in [-0.2, -0.15) is 5.10 Å². The smallest absolute Gasteiger partial charge is 0.259 e. The van der Waals surface area contributed by atoms with E-state index in [1.54, 1.807) is 6.21 Å². The molecular formula is C18H21N3O2. The van der Waals surface area contributed by atoms with E-state index in [-0.39, 0.29) is 12.5 Å². The Balaban J connectivity index is 1.86. The summed E-state index contributed by atoms with van der Waals surface area (Å²) in [5.41, 5.74) is 5.35. The van der Waals surface area contributed by atoms with Crippen LogP contribution in [0.2, 0.25) is 0 Å². The maximum Gasteiger partial charge on any atom is 0.259 e. The predicted molar refractivity (Wildman–Crippen MR) is 93.0 cm³/mol. The molecule has 0 aliphatic carbocycles. The summed E-state index contributed by atoms with van der Waals surface area (Å²) < 4.78 is 5.50. The van der Waals surface area contributed by atoms with E-state index in [0.717, 1.165) is 22.6 Å². The molecule has 23 heavy (non-hydrogen) atoms. The Hall–Kier alpha value is -2.82. The predicted octanol–water partition coefficient (Wildman–Crippen LogP) is 2.96. The lowest BCUT2D eigenvalue weighted by Gasteiger charge is -2.08. The van der Waals surface area contributed by atoms with Crippen molar-refractivity contribution >= 4 is 17.8 Å². The first-order chi connectivity index (χ1) is 11.2. The van der Waals surface area contributed by atoms with Gasteiger partial charge in [-0.1, -0.05) is 30.3 Å². The minimum absolute atomic E-state index is 0.162. The van der Waals surface area contributed by atoms with Gasteiger partial charge in [-0.25, -0.2) is 5.43 Å². The number of nitrogens with one attached hydrogen (secondary N) is 2. The molecule has 120 valence electrons. The largest absolute Gasteiger partial charge is 0.493 e. The van der Waals surface area contributed by atoms with E-state index in [9.17, 15) is 4.79 Å². The molecule has 0 heterocycles.